The van der Waals surface area contributed by atoms with E-state index in [1.165, 1.54) is 31.5 Å². The highest BCUT2D eigenvalue weighted by Gasteiger charge is 2.14. The fourth-order valence-electron chi connectivity index (χ4n) is 1.72. The molecule has 0 fully saturated rings. The van der Waals surface area contributed by atoms with Crippen molar-refractivity contribution in [3.63, 3.8) is 0 Å². The zero-order valence-electron chi connectivity index (χ0n) is 10.7. The van der Waals surface area contributed by atoms with Crippen LogP contribution in [0.2, 0.25) is 0 Å². The normalized spacial score (nSPS) is 11.2. The van der Waals surface area contributed by atoms with E-state index < -0.39 is 15.8 Å². The lowest BCUT2D eigenvalue weighted by Crippen LogP contribution is -2.14. The monoisotopic (exact) mass is 293 g/mol. The number of nitrogens with zero attached hydrogens (tertiary/aromatic N) is 3. The molecule has 1 aromatic carbocycles. The van der Waals surface area contributed by atoms with Gasteiger partial charge in [0.2, 0.25) is 0 Å². The minimum Gasteiger partial charge on any atom is -0.206 e. The Morgan fingerprint density at radius 3 is 2.80 bits per heavy atom. The molecule has 2 aromatic rings. The van der Waals surface area contributed by atoms with Crippen molar-refractivity contribution >= 4 is 10.0 Å². The fraction of sp³-hybridized carbons (Fsp3) is 0.231. The lowest BCUT2D eigenvalue weighted by Gasteiger charge is -2.02. The van der Waals surface area contributed by atoms with E-state index in [0.29, 0.717) is 11.1 Å². The van der Waals surface area contributed by atoms with Crippen LogP contribution in [0.3, 0.4) is 0 Å². The number of benzene rings is 1. The second-order valence-corrected chi connectivity index (χ2v) is 6.27. The predicted molar refractivity (Wildman–Crippen MR) is 71.8 cm³/mol. The van der Waals surface area contributed by atoms with Gasteiger partial charge < -0.3 is 0 Å². The number of hydrogen-bond acceptors (Lipinski definition) is 4. The van der Waals surface area contributed by atoms with E-state index in [2.05, 4.69) is 5.10 Å². The zero-order chi connectivity index (χ0) is 14.8. The van der Waals surface area contributed by atoms with Crippen LogP contribution >= 0.6 is 0 Å². The Hall–Kier alpha value is -2.20. The van der Waals surface area contributed by atoms with Gasteiger partial charge in [0.1, 0.15) is 5.82 Å². The van der Waals surface area contributed by atoms with Gasteiger partial charge in [0.15, 0.2) is 0 Å². The van der Waals surface area contributed by atoms with Gasteiger partial charge in [0.05, 0.1) is 30.6 Å². The van der Waals surface area contributed by atoms with Crippen molar-refractivity contribution in [2.24, 2.45) is 0 Å². The first-order valence-electron chi connectivity index (χ1n) is 5.91. The molecule has 0 radical (unpaired) electrons. The van der Waals surface area contributed by atoms with Crippen molar-refractivity contribution in [1.82, 2.24) is 9.19 Å². The Kier molecular flexibility index (Phi) is 3.86. The summed E-state index contributed by atoms with van der Waals surface area (Å²) in [5, 5.41) is 12.3. The molecular weight excluding hydrogens is 281 g/mol. The fourth-order valence-corrected chi connectivity index (χ4v) is 2.45. The maximum Gasteiger partial charge on any atom is 0.253 e. The molecule has 0 saturated carbocycles. The van der Waals surface area contributed by atoms with Crippen molar-refractivity contribution in [1.29, 1.82) is 5.26 Å². The van der Waals surface area contributed by atoms with E-state index in [1.807, 2.05) is 6.07 Å². The van der Waals surface area contributed by atoms with Crippen LogP contribution in [0.1, 0.15) is 12.5 Å². The molecule has 5 nitrogen and oxygen atoms in total. The number of nitriles is 1. The van der Waals surface area contributed by atoms with Gasteiger partial charge in [0, 0.05) is 11.1 Å². The van der Waals surface area contributed by atoms with Gasteiger partial charge in [-0.25, -0.2) is 12.8 Å². The summed E-state index contributed by atoms with van der Waals surface area (Å²) in [7, 11) is -3.47. The van der Waals surface area contributed by atoms with Crippen LogP contribution in [0.4, 0.5) is 4.39 Å². The van der Waals surface area contributed by atoms with Gasteiger partial charge in [-0.15, -0.1) is 0 Å². The van der Waals surface area contributed by atoms with Gasteiger partial charge >= 0.3 is 0 Å². The average Bonchev–Trinajstić information content (AvgIpc) is 2.89. The van der Waals surface area contributed by atoms with Gasteiger partial charge in [0.25, 0.3) is 10.0 Å². The van der Waals surface area contributed by atoms with Gasteiger partial charge in [-0.2, -0.15) is 14.4 Å². The van der Waals surface area contributed by atoms with E-state index in [4.69, 9.17) is 5.26 Å². The molecule has 0 unspecified atom stereocenters. The third kappa shape index (κ3) is 2.70. The maximum absolute atomic E-state index is 14.0. The maximum atomic E-state index is 14.0. The summed E-state index contributed by atoms with van der Waals surface area (Å²) >= 11 is 0. The molecule has 0 aliphatic carbocycles. The van der Waals surface area contributed by atoms with Crippen LogP contribution in [0, 0.1) is 17.1 Å². The molecule has 0 bridgehead atoms. The van der Waals surface area contributed by atoms with Crippen LogP contribution in [0.25, 0.3) is 11.1 Å². The van der Waals surface area contributed by atoms with Crippen LogP contribution in [-0.4, -0.2) is 23.4 Å². The molecule has 1 heterocycles. The highest BCUT2D eigenvalue weighted by molar-refractivity contribution is 7.89. The Morgan fingerprint density at radius 1 is 1.45 bits per heavy atom. The van der Waals surface area contributed by atoms with E-state index >= 15 is 0 Å². The lowest BCUT2D eigenvalue weighted by atomic mass is 10.1. The summed E-state index contributed by atoms with van der Waals surface area (Å²) in [4.78, 5) is 0. The third-order valence-corrected chi connectivity index (χ3v) is 4.34. The first kappa shape index (κ1) is 14.2. The third-order valence-electron chi connectivity index (χ3n) is 2.84. The smallest absolute Gasteiger partial charge is 0.206 e. The summed E-state index contributed by atoms with van der Waals surface area (Å²) in [6.45, 7) is 1.51. The molecule has 0 amide bonds. The van der Waals surface area contributed by atoms with Crippen LogP contribution in [0.15, 0.2) is 30.6 Å². The zero-order valence-corrected chi connectivity index (χ0v) is 11.6. The standard InChI is InChI=1S/C13H12FN3O2S/c1-2-20(18,19)17-9-11(8-16-17)12-4-3-10(5-6-15)7-13(12)14/h3-4,7-9H,2,5H2,1H3. The molecule has 7 heteroatoms. The highest BCUT2D eigenvalue weighted by atomic mass is 32.2. The number of aromatic nitrogens is 2. The molecule has 2 rings (SSSR count). The predicted octanol–water partition coefficient (Wildman–Crippen LogP) is 1.95. The largest absolute Gasteiger partial charge is 0.253 e. The molecule has 0 spiro atoms. The quantitative estimate of drug-likeness (QED) is 0.863. The molecule has 20 heavy (non-hydrogen) atoms. The Bertz CT molecular complexity index is 775. The van der Waals surface area contributed by atoms with Gasteiger partial charge in [-0.05, 0) is 18.6 Å². The van der Waals surface area contributed by atoms with Crippen LogP contribution in [0.5, 0.6) is 0 Å². The molecule has 0 aliphatic rings. The summed E-state index contributed by atoms with van der Waals surface area (Å²) in [5.74, 6) is -0.594. The van der Waals surface area contributed by atoms with Crippen molar-refractivity contribution < 1.29 is 12.8 Å². The first-order valence-corrected chi connectivity index (χ1v) is 7.52. The van der Waals surface area contributed by atoms with E-state index in [0.717, 1.165) is 4.09 Å². The molecule has 1 aromatic heterocycles. The topological polar surface area (TPSA) is 75.8 Å². The number of halogens is 1. The molecule has 0 aliphatic heterocycles. The second kappa shape index (κ2) is 5.43. The Balaban J connectivity index is 2.41. The molecule has 0 N–H and O–H groups in total. The highest BCUT2D eigenvalue weighted by Crippen LogP contribution is 2.23. The van der Waals surface area contributed by atoms with Crippen molar-refractivity contribution in [3.8, 4) is 17.2 Å². The summed E-state index contributed by atoms with van der Waals surface area (Å²) in [6.07, 6.45) is 2.71. The summed E-state index contributed by atoms with van der Waals surface area (Å²) in [6, 6.07) is 6.36. The number of hydrogen-bond donors (Lipinski definition) is 0. The molecule has 104 valence electrons. The Morgan fingerprint density at radius 2 is 2.20 bits per heavy atom. The average molecular weight is 293 g/mol. The molecule has 0 saturated heterocycles. The first-order chi connectivity index (χ1) is 9.47. The van der Waals surface area contributed by atoms with Crippen LogP contribution < -0.4 is 0 Å². The second-order valence-electron chi connectivity index (χ2n) is 4.15. The molecular formula is C13H12FN3O2S. The number of rotatable bonds is 4. The van der Waals surface area contributed by atoms with Gasteiger partial charge in [-0.3, -0.25) is 0 Å². The Labute approximate surface area is 116 Å². The van der Waals surface area contributed by atoms with Crippen molar-refractivity contribution in [3.05, 3.63) is 42.0 Å². The minimum atomic E-state index is -3.47. The van der Waals surface area contributed by atoms with E-state index in [-0.39, 0.29) is 17.7 Å². The van der Waals surface area contributed by atoms with E-state index in [1.54, 1.807) is 6.07 Å². The van der Waals surface area contributed by atoms with Crippen molar-refractivity contribution in [2.75, 3.05) is 5.75 Å². The van der Waals surface area contributed by atoms with E-state index in [9.17, 15) is 12.8 Å². The van der Waals surface area contributed by atoms with Crippen molar-refractivity contribution in [2.45, 2.75) is 13.3 Å². The lowest BCUT2D eigenvalue weighted by molar-refractivity contribution is 0.581. The van der Waals surface area contributed by atoms with Gasteiger partial charge in [-0.1, -0.05) is 12.1 Å². The molecule has 0 atom stereocenters. The summed E-state index contributed by atoms with van der Waals surface area (Å²) in [5.41, 5.74) is 1.20. The minimum absolute atomic E-state index is 0.0856. The summed E-state index contributed by atoms with van der Waals surface area (Å²) < 4.78 is 38.1. The SMILES string of the molecule is CCS(=O)(=O)n1cc(-c2ccc(CC#N)cc2F)cn1. The van der Waals surface area contributed by atoms with Crippen LogP contribution in [-0.2, 0) is 16.4 Å².